The molecule has 0 radical (unpaired) electrons. The maximum atomic E-state index is 18.1. The Morgan fingerprint density at radius 2 is 1.10 bits per heavy atom. The van der Waals surface area contributed by atoms with Crippen LogP contribution in [-0.4, -0.2) is 22.6 Å². The molecule has 2 aromatic rings. The van der Waals surface area contributed by atoms with Crippen molar-refractivity contribution in [1.29, 1.82) is 0 Å². The molecule has 316 valence electrons. The van der Waals surface area contributed by atoms with Crippen molar-refractivity contribution in [3.05, 3.63) is 87.5 Å². The van der Waals surface area contributed by atoms with Crippen LogP contribution in [0.1, 0.15) is 155 Å². The predicted octanol–water partition coefficient (Wildman–Crippen LogP) is 14.9. The van der Waals surface area contributed by atoms with Crippen molar-refractivity contribution in [1.82, 2.24) is 0 Å². The lowest BCUT2D eigenvalue weighted by atomic mass is 9.55. The van der Waals surface area contributed by atoms with Crippen LogP contribution >= 0.6 is 7.92 Å². The molecule has 8 bridgehead atoms. The first-order chi connectivity index (χ1) is 27.7. The van der Waals surface area contributed by atoms with Crippen LogP contribution in [0.3, 0.4) is 0 Å². The van der Waals surface area contributed by atoms with Gasteiger partial charge in [-0.2, -0.15) is 0 Å². The van der Waals surface area contributed by atoms with Crippen molar-refractivity contribution in [2.24, 2.45) is 53.3 Å². The van der Waals surface area contributed by atoms with Crippen molar-refractivity contribution in [3.8, 4) is 0 Å². The van der Waals surface area contributed by atoms with Gasteiger partial charge in [-0.25, -0.2) is 17.6 Å². The van der Waals surface area contributed by atoms with E-state index in [4.69, 9.17) is 4.74 Å². The lowest BCUT2D eigenvalue weighted by molar-refractivity contribution is -0.0374. The molecule has 2 aromatic carbocycles. The third-order valence-electron chi connectivity index (χ3n) is 17.2. The molecule has 8 saturated carbocycles. The second kappa shape index (κ2) is 14.8. The topological polar surface area (TPSA) is 9.23 Å². The molecule has 0 saturated heterocycles. The summed E-state index contributed by atoms with van der Waals surface area (Å²) in [6.45, 7) is 15.3. The predicted molar refractivity (Wildman–Crippen MR) is 231 cm³/mol. The normalized spacial score (nSPS) is 38.2. The van der Waals surface area contributed by atoms with E-state index in [0.717, 1.165) is 55.2 Å². The van der Waals surface area contributed by atoms with E-state index in [0.29, 0.717) is 48.3 Å². The summed E-state index contributed by atoms with van der Waals surface area (Å²) in [7, 11) is 0.431. The molecule has 2 atom stereocenters. The molecule has 0 amide bonds. The number of hydrogen-bond donors (Lipinski definition) is 0. The van der Waals surface area contributed by atoms with Gasteiger partial charge in [0.15, 0.2) is 23.3 Å². The van der Waals surface area contributed by atoms with Gasteiger partial charge in [0.1, 0.15) is 5.60 Å². The van der Waals surface area contributed by atoms with Gasteiger partial charge in [-0.3, -0.25) is 0 Å². The average molecular weight is 817 g/mol. The number of unbranched alkanes of at least 4 members (excludes halogenated alkanes) is 1. The van der Waals surface area contributed by atoms with Crippen molar-refractivity contribution in [2.75, 3.05) is 7.11 Å². The summed E-state index contributed by atoms with van der Waals surface area (Å²) in [5.74, 6) is -1.37. The molecular weight excluding hydrogens is 748 g/mol. The van der Waals surface area contributed by atoms with E-state index in [1.54, 1.807) is 7.11 Å². The zero-order chi connectivity index (χ0) is 41.1. The van der Waals surface area contributed by atoms with E-state index in [2.05, 4.69) is 78.0 Å². The Kier molecular flexibility index (Phi) is 10.6. The highest BCUT2D eigenvalue weighted by Crippen LogP contribution is 2.88. The summed E-state index contributed by atoms with van der Waals surface area (Å²) in [6, 6.07) is 10.7. The Bertz CT molecular complexity index is 1830. The minimum atomic E-state index is -1.81. The van der Waals surface area contributed by atoms with Crippen molar-refractivity contribution in [3.63, 3.8) is 0 Å². The molecule has 9 aliphatic carbocycles. The molecule has 9 aliphatic rings. The molecule has 11 rings (SSSR count). The SMILES string of the molecule is CCCCc1c(F)c(F)c(C2(OC)C(C(C)C)=CC(C(C)C)=C(c3ccccc3)C2(C(C)C)P(C23CC4CC(CC(C4)C2)C3)C23CC4CC(CC(C4)C2)C3)c(F)c1F. The fourth-order valence-corrected chi connectivity index (χ4v) is 23.2. The van der Waals surface area contributed by atoms with Crippen LogP contribution in [0.25, 0.3) is 5.57 Å². The van der Waals surface area contributed by atoms with Crippen LogP contribution in [-0.2, 0) is 16.8 Å². The number of benzene rings is 2. The monoisotopic (exact) mass is 817 g/mol. The van der Waals surface area contributed by atoms with Gasteiger partial charge in [0, 0.05) is 12.7 Å². The second-order valence-electron chi connectivity index (χ2n) is 21.7. The van der Waals surface area contributed by atoms with Gasteiger partial charge in [-0.05, 0) is 176 Å². The molecule has 8 fully saturated rings. The number of methoxy groups -OCH3 is 1. The zero-order valence-corrected chi connectivity index (χ0v) is 37.5. The first kappa shape index (κ1) is 41.4. The molecule has 0 aliphatic heterocycles. The van der Waals surface area contributed by atoms with E-state index >= 15 is 17.6 Å². The average Bonchev–Trinajstić information content (AvgIpc) is 3.16. The molecule has 0 spiro atoms. The largest absolute Gasteiger partial charge is 0.368 e. The lowest BCUT2D eigenvalue weighted by Crippen LogP contribution is -2.68. The Labute approximate surface area is 348 Å². The molecule has 2 unspecified atom stereocenters. The Morgan fingerprint density at radius 1 is 0.655 bits per heavy atom. The van der Waals surface area contributed by atoms with Crippen LogP contribution in [0.4, 0.5) is 17.6 Å². The Morgan fingerprint density at radius 3 is 1.47 bits per heavy atom. The van der Waals surface area contributed by atoms with Gasteiger partial charge in [0.2, 0.25) is 0 Å². The first-order valence-corrected chi connectivity index (χ1v) is 24.7. The second-order valence-corrected chi connectivity index (χ2v) is 25.0. The standard InChI is InChI=1S/C52H69F4OP/c1-9-10-16-40-45(53)47(55)44(48(56)46(40)54)51(57-8)42(31(4)5)23-41(30(2)3)43(39-14-12-11-13-15-39)52(51,32(6)7)58(49-24-33-17-34(25-49)19-35(18-33)26-49)50-27-36-20-37(28-50)22-38(21-36)29-50/h11-15,23,30-38H,9-10,16-22,24-29H2,1-8H3. The number of halogens is 4. The van der Waals surface area contributed by atoms with E-state index in [1.165, 1.54) is 44.1 Å². The highest BCUT2D eigenvalue weighted by Gasteiger charge is 2.76. The summed E-state index contributed by atoms with van der Waals surface area (Å²) >= 11 is 0. The summed E-state index contributed by atoms with van der Waals surface area (Å²) in [6.07, 6.45) is 17.9. The van der Waals surface area contributed by atoms with Gasteiger partial charge < -0.3 is 4.74 Å². The third kappa shape index (κ3) is 5.79. The van der Waals surface area contributed by atoms with Crippen molar-refractivity contribution >= 4 is 13.5 Å². The summed E-state index contributed by atoms with van der Waals surface area (Å²) < 4.78 is 77.5. The number of hydrogen-bond acceptors (Lipinski definition) is 1. The molecule has 1 nitrogen and oxygen atoms in total. The maximum Gasteiger partial charge on any atom is 0.168 e. The van der Waals surface area contributed by atoms with E-state index in [-0.39, 0.29) is 34.5 Å². The van der Waals surface area contributed by atoms with Gasteiger partial charge >= 0.3 is 0 Å². The summed E-state index contributed by atoms with van der Waals surface area (Å²) in [5, 5.41) is -1.08. The zero-order valence-electron chi connectivity index (χ0n) is 36.6. The van der Waals surface area contributed by atoms with E-state index in [9.17, 15) is 0 Å². The van der Waals surface area contributed by atoms with Gasteiger partial charge in [-0.1, -0.05) is 99.2 Å². The molecule has 0 N–H and O–H groups in total. The van der Waals surface area contributed by atoms with Crippen LogP contribution in [0.2, 0.25) is 0 Å². The lowest BCUT2D eigenvalue weighted by Gasteiger charge is -2.75. The summed E-state index contributed by atoms with van der Waals surface area (Å²) in [5.41, 5.74) is 1.36. The van der Waals surface area contributed by atoms with Crippen molar-refractivity contribution < 1.29 is 22.3 Å². The quantitative estimate of drug-likeness (QED) is 0.118. The summed E-state index contributed by atoms with van der Waals surface area (Å²) in [4.78, 5) is 0. The molecule has 58 heavy (non-hydrogen) atoms. The van der Waals surface area contributed by atoms with E-state index < -0.39 is 53.1 Å². The van der Waals surface area contributed by atoms with Crippen LogP contribution < -0.4 is 0 Å². The van der Waals surface area contributed by atoms with E-state index in [1.807, 2.05) is 6.92 Å². The van der Waals surface area contributed by atoms with Gasteiger partial charge in [0.25, 0.3) is 0 Å². The van der Waals surface area contributed by atoms with Crippen LogP contribution in [0.5, 0.6) is 0 Å². The Balaban J connectivity index is 1.49. The minimum absolute atomic E-state index is 0.0313. The third-order valence-corrected chi connectivity index (χ3v) is 21.9. The highest BCUT2D eigenvalue weighted by atomic mass is 31.1. The minimum Gasteiger partial charge on any atom is -0.368 e. The number of allylic oxidation sites excluding steroid dienone is 2. The van der Waals surface area contributed by atoms with Crippen LogP contribution in [0, 0.1) is 76.5 Å². The number of ether oxygens (including phenoxy) is 1. The fraction of sp³-hybridized carbons (Fsp3) is 0.692. The first-order valence-electron chi connectivity index (χ1n) is 23.4. The van der Waals surface area contributed by atoms with Gasteiger partial charge in [0.05, 0.1) is 10.7 Å². The smallest absolute Gasteiger partial charge is 0.168 e. The fourth-order valence-electron chi connectivity index (χ4n) is 16.4. The van der Waals surface area contributed by atoms with Gasteiger partial charge in [-0.15, -0.1) is 0 Å². The van der Waals surface area contributed by atoms with Crippen molar-refractivity contribution in [2.45, 2.75) is 166 Å². The number of rotatable bonds is 12. The van der Waals surface area contributed by atoms with Crippen LogP contribution in [0.15, 0.2) is 47.6 Å². The maximum absolute atomic E-state index is 18.1. The molecular formula is C52H69F4OP. The molecule has 6 heteroatoms. The molecule has 0 heterocycles. The highest BCUT2D eigenvalue weighted by molar-refractivity contribution is 7.63. The molecule has 0 aromatic heterocycles. The Hall–Kier alpha value is -1.97.